The summed E-state index contributed by atoms with van der Waals surface area (Å²) >= 11 is 0. The molecule has 15 heavy (non-hydrogen) atoms. The Morgan fingerprint density at radius 2 is 2.33 bits per heavy atom. The second-order valence-electron chi connectivity index (χ2n) is 4.09. The third-order valence-electron chi connectivity index (χ3n) is 2.67. The molecule has 1 rings (SSSR count). The van der Waals surface area contributed by atoms with Crippen LogP contribution in [0.5, 0.6) is 0 Å². The molecule has 0 bridgehead atoms. The lowest BCUT2D eigenvalue weighted by atomic mass is 9.82. The third kappa shape index (κ3) is 2.18. The van der Waals surface area contributed by atoms with E-state index in [0.717, 1.165) is 6.54 Å². The molecular formula is C10H17N3O2. The van der Waals surface area contributed by atoms with E-state index in [1.807, 2.05) is 19.2 Å². The normalized spacial score (nSPS) is 13.9. The molecule has 0 saturated heterocycles. The first-order valence-electron chi connectivity index (χ1n) is 4.92. The molecule has 3 N–H and O–H groups in total. The van der Waals surface area contributed by atoms with Crippen LogP contribution in [0.25, 0.3) is 0 Å². The molecule has 0 fully saturated rings. The number of aliphatic carboxylic acids is 1. The molecule has 0 aromatic carbocycles. The first-order chi connectivity index (χ1) is 6.89. The fraction of sp³-hybridized carbons (Fsp3) is 0.600. The van der Waals surface area contributed by atoms with Crippen molar-refractivity contribution in [2.45, 2.75) is 38.8 Å². The van der Waals surface area contributed by atoms with Gasteiger partial charge in [0.1, 0.15) is 6.04 Å². The smallest absolute Gasteiger partial charge is 0.321 e. The molecule has 84 valence electrons. The molecule has 1 unspecified atom stereocenters. The summed E-state index contributed by atoms with van der Waals surface area (Å²) in [6.45, 7) is 6.31. The standard InChI is InChI=1S/C10H17N3O2/c1-4-13-6-5-7(12-13)10(2,3)8(11)9(14)15/h5-6,8H,4,11H2,1-3H3,(H,14,15). The highest BCUT2D eigenvalue weighted by Gasteiger charge is 2.35. The van der Waals surface area contributed by atoms with Gasteiger partial charge in [0.2, 0.25) is 0 Å². The minimum atomic E-state index is -1.01. The van der Waals surface area contributed by atoms with Gasteiger partial charge < -0.3 is 10.8 Å². The molecule has 1 heterocycles. The van der Waals surface area contributed by atoms with Gasteiger partial charge in [-0.05, 0) is 13.0 Å². The van der Waals surface area contributed by atoms with Gasteiger partial charge in [-0.15, -0.1) is 0 Å². The van der Waals surface area contributed by atoms with Crippen molar-refractivity contribution in [1.29, 1.82) is 0 Å². The highest BCUT2D eigenvalue weighted by atomic mass is 16.4. The zero-order valence-corrected chi connectivity index (χ0v) is 9.27. The zero-order chi connectivity index (χ0) is 11.6. The van der Waals surface area contributed by atoms with Crippen molar-refractivity contribution in [3.63, 3.8) is 0 Å². The van der Waals surface area contributed by atoms with Crippen molar-refractivity contribution in [1.82, 2.24) is 9.78 Å². The fourth-order valence-corrected chi connectivity index (χ4v) is 1.35. The van der Waals surface area contributed by atoms with E-state index in [1.165, 1.54) is 0 Å². The van der Waals surface area contributed by atoms with E-state index in [1.54, 1.807) is 18.5 Å². The molecule has 0 amide bonds. The number of carboxylic acids is 1. The van der Waals surface area contributed by atoms with Gasteiger partial charge in [0, 0.05) is 18.2 Å². The van der Waals surface area contributed by atoms with E-state index < -0.39 is 17.4 Å². The molecule has 0 aliphatic heterocycles. The van der Waals surface area contributed by atoms with Crippen LogP contribution in [0.2, 0.25) is 0 Å². The van der Waals surface area contributed by atoms with Crippen molar-refractivity contribution < 1.29 is 9.90 Å². The molecule has 5 nitrogen and oxygen atoms in total. The maximum absolute atomic E-state index is 10.8. The first kappa shape index (κ1) is 11.7. The number of aryl methyl sites for hydroxylation is 1. The minimum Gasteiger partial charge on any atom is -0.480 e. The maximum atomic E-state index is 10.8. The minimum absolute atomic E-state index is 0.660. The number of carboxylic acid groups (broad SMARTS) is 1. The molecular weight excluding hydrogens is 194 g/mol. The van der Waals surface area contributed by atoms with E-state index in [0.29, 0.717) is 5.69 Å². The van der Waals surface area contributed by atoms with Crippen LogP contribution in [-0.2, 0) is 16.8 Å². The summed E-state index contributed by atoms with van der Waals surface area (Å²) in [6.07, 6.45) is 1.83. The Balaban J connectivity index is 2.99. The first-order valence-corrected chi connectivity index (χ1v) is 4.92. The lowest BCUT2D eigenvalue weighted by Gasteiger charge is -2.26. The van der Waals surface area contributed by atoms with Gasteiger partial charge in [-0.2, -0.15) is 5.10 Å². The van der Waals surface area contributed by atoms with Crippen LogP contribution < -0.4 is 5.73 Å². The van der Waals surface area contributed by atoms with E-state index in [-0.39, 0.29) is 0 Å². The van der Waals surface area contributed by atoms with Crippen molar-refractivity contribution in [2.24, 2.45) is 5.73 Å². The van der Waals surface area contributed by atoms with Gasteiger partial charge in [0.15, 0.2) is 0 Å². The van der Waals surface area contributed by atoms with Gasteiger partial charge in [0.25, 0.3) is 0 Å². The number of hydrogen-bond donors (Lipinski definition) is 2. The van der Waals surface area contributed by atoms with Crippen LogP contribution >= 0.6 is 0 Å². The lowest BCUT2D eigenvalue weighted by molar-refractivity contribution is -0.140. The Hall–Kier alpha value is -1.36. The number of rotatable bonds is 4. The fourth-order valence-electron chi connectivity index (χ4n) is 1.35. The number of aromatic nitrogens is 2. The van der Waals surface area contributed by atoms with Gasteiger partial charge in [-0.25, -0.2) is 0 Å². The zero-order valence-electron chi connectivity index (χ0n) is 9.27. The van der Waals surface area contributed by atoms with Crippen molar-refractivity contribution in [3.8, 4) is 0 Å². The van der Waals surface area contributed by atoms with Gasteiger partial charge in [0.05, 0.1) is 5.69 Å². The van der Waals surface area contributed by atoms with E-state index in [9.17, 15) is 4.79 Å². The van der Waals surface area contributed by atoms with Crippen LogP contribution in [0.15, 0.2) is 12.3 Å². The quantitative estimate of drug-likeness (QED) is 0.763. The molecule has 0 saturated carbocycles. The van der Waals surface area contributed by atoms with E-state index >= 15 is 0 Å². The van der Waals surface area contributed by atoms with Gasteiger partial charge >= 0.3 is 5.97 Å². The van der Waals surface area contributed by atoms with Crippen LogP contribution in [0, 0.1) is 0 Å². The Labute approximate surface area is 88.9 Å². The van der Waals surface area contributed by atoms with Crippen LogP contribution in [0.1, 0.15) is 26.5 Å². The molecule has 1 aromatic heterocycles. The summed E-state index contributed by atoms with van der Waals surface area (Å²) in [5.74, 6) is -1.01. The number of carbonyl (C=O) groups is 1. The number of nitrogens with two attached hydrogens (primary N) is 1. The topological polar surface area (TPSA) is 81.1 Å². The van der Waals surface area contributed by atoms with Gasteiger partial charge in [-0.3, -0.25) is 9.48 Å². The highest BCUT2D eigenvalue weighted by molar-refractivity contribution is 5.75. The Bertz CT molecular complexity index is 357. The van der Waals surface area contributed by atoms with Crippen LogP contribution in [-0.4, -0.2) is 26.9 Å². The summed E-state index contributed by atoms with van der Waals surface area (Å²) in [5, 5.41) is 13.2. The summed E-state index contributed by atoms with van der Waals surface area (Å²) in [5.41, 5.74) is 5.68. The Morgan fingerprint density at radius 1 is 1.73 bits per heavy atom. The highest BCUT2D eigenvalue weighted by Crippen LogP contribution is 2.24. The molecule has 0 aliphatic rings. The molecule has 0 spiro atoms. The molecule has 1 aromatic rings. The summed E-state index contributed by atoms with van der Waals surface area (Å²) < 4.78 is 1.76. The van der Waals surface area contributed by atoms with E-state index in [4.69, 9.17) is 10.8 Å². The van der Waals surface area contributed by atoms with Crippen LogP contribution in [0.3, 0.4) is 0 Å². The molecule has 5 heteroatoms. The number of hydrogen-bond acceptors (Lipinski definition) is 3. The summed E-state index contributed by atoms with van der Waals surface area (Å²) in [6, 6.07) is 0.865. The number of nitrogens with zero attached hydrogens (tertiary/aromatic N) is 2. The Kier molecular flexibility index (Phi) is 3.14. The third-order valence-corrected chi connectivity index (χ3v) is 2.67. The van der Waals surface area contributed by atoms with Gasteiger partial charge in [-0.1, -0.05) is 13.8 Å². The monoisotopic (exact) mass is 211 g/mol. The van der Waals surface area contributed by atoms with Crippen LogP contribution in [0.4, 0.5) is 0 Å². The van der Waals surface area contributed by atoms with Crippen molar-refractivity contribution in [2.75, 3.05) is 0 Å². The molecule has 0 radical (unpaired) electrons. The molecule has 0 aliphatic carbocycles. The second kappa shape index (κ2) is 4.02. The molecule has 1 atom stereocenters. The van der Waals surface area contributed by atoms with Crippen molar-refractivity contribution >= 4 is 5.97 Å². The second-order valence-corrected chi connectivity index (χ2v) is 4.09. The Morgan fingerprint density at radius 3 is 2.73 bits per heavy atom. The largest absolute Gasteiger partial charge is 0.480 e. The predicted octanol–water partition coefficient (Wildman–Crippen LogP) is 0.592. The maximum Gasteiger partial charge on any atom is 0.321 e. The predicted molar refractivity (Wildman–Crippen MR) is 56.5 cm³/mol. The SMILES string of the molecule is CCn1ccc(C(C)(C)C(N)C(=O)O)n1. The van der Waals surface area contributed by atoms with Crippen molar-refractivity contribution in [3.05, 3.63) is 18.0 Å². The summed E-state index contributed by atoms with van der Waals surface area (Å²) in [4.78, 5) is 10.8. The van der Waals surface area contributed by atoms with E-state index in [2.05, 4.69) is 5.10 Å². The summed E-state index contributed by atoms with van der Waals surface area (Å²) in [7, 11) is 0. The average molecular weight is 211 g/mol. The average Bonchev–Trinajstić information content (AvgIpc) is 2.65. The lowest BCUT2D eigenvalue weighted by Crippen LogP contribution is -2.47.